The zero-order valence-corrected chi connectivity index (χ0v) is 20.0. The van der Waals surface area contributed by atoms with Crippen LogP contribution in [-0.4, -0.2) is 50.8 Å². The van der Waals surface area contributed by atoms with Crippen molar-refractivity contribution in [1.82, 2.24) is 29.9 Å². The molecular formula is C25H29N9O. The molecule has 5 heterocycles. The van der Waals surface area contributed by atoms with E-state index in [2.05, 4.69) is 53.8 Å². The van der Waals surface area contributed by atoms with Gasteiger partial charge in [-0.25, -0.2) is 20.4 Å². The predicted molar refractivity (Wildman–Crippen MR) is 136 cm³/mol. The highest BCUT2D eigenvalue weighted by molar-refractivity contribution is 5.79. The van der Waals surface area contributed by atoms with Crippen LogP contribution in [0.1, 0.15) is 29.8 Å². The molecule has 0 spiro atoms. The second-order valence-electron chi connectivity index (χ2n) is 9.01. The molecule has 0 bridgehead atoms. The van der Waals surface area contributed by atoms with Gasteiger partial charge in [0.25, 0.3) is 0 Å². The summed E-state index contributed by atoms with van der Waals surface area (Å²) in [6.45, 7) is 5.37. The topological polar surface area (TPSA) is 105 Å². The first kappa shape index (κ1) is 21.8. The highest BCUT2D eigenvalue weighted by Crippen LogP contribution is 2.27. The monoisotopic (exact) mass is 471 g/mol. The number of hydrazine groups is 1. The number of imidazole rings is 1. The Morgan fingerprint density at radius 2 is 2.00 bits per heavy atom. The number of aryl methyl sites for hydroxylation is 1. The van der Waals surface area contributed by atoms with Crippen LogP contribution in [-0.2, 0) is 17.8 Å². The van der Waals surface area contributed by atoms with Crippen LogP contribution in [0.15, 0.2) is 42.7 Å². The number of methoxy groups -OCH3 is 1. The molecule has 2 aliphatic rings. The molecule has 3 N–H and O–H groups in total. The molecule has 2 aliphatic heterocycles. The third kappa shape index (κ3) is 4.26. The minimum Gasteiger partial charge on any atom is -0.381 e. The predicted octanol–water partition coefficient (Wildman–Crippen LogP) is 3.37. The quantitative estimate of drug-likeness (QED) is 0.390. The molecule has 180 valence electrons. The molecule has 4 aromatic rings. The van der Waals surface area contributed by atoms with Crippen LogP contribution in [0.5, 0.6) is 0 Å². The summed E-state index contributed by atoms with van der Waals surface area (Å²) < 4.78 is 7.72. The number of benzene rings is 1. The summed E-state index contributed by atoms with van der Waals surface area (Å²) in [7, 11) is 1.78. The normalized spacial score (nSPS) is 15.9. The maximum atomic E-state index is 5.48. The number of piperidine rings is 1. The van der Waals surface area contributed by atoms with Crippen molar-refractivity contribution in [1.29, 1.82) is 0 Å². The Bertz CT molecular complexity index is 1360. The van der Waals surface area contributed by atoms with Gasteiger partial charge in [0.15, 0.2) is 0 Å². The van der Waals surface area contributed by atoms with E-state index < -0.39 is 0 Å². The standard InChI is InChI=1S/C25H29N9O/c1-16-29-21-14-27-24(12-22(21)34(16)15-17-4-3-5-20-19(17)13-28-32-20)30-23-6-9-26-25(31-23)33-10-7-18(35-2)8-11-33/h3-6,9,12,14,18,28,32H,7-8,10-11,13,15H2,1-2H3,(H,26,27,30,31). The number of aromatic nitrogens is 5. The molecule has 1 fully saturated rings. The number of ether oxygens (including phenoxy) is 1. The molecule has 1 aromatic carbocycles. The fourth-order valence-electron chi connectivity index (χ4n) is 4.92. The van der Waals surface area contributed by atoms with E-state index >= 15 is 0 Å². The Labute approximate surface area is 203 Å². The van der Waals surface area contributed by atoms with Crippen molar-refractivity contribution in [3.05, 3.63) is 59.7 Å². The fourth-order valence-corrected chi connectivity index (χ4v) is 4.92. The molecule has 0 unspecified atom stereocenters. The molecule has 6 rings (SSSR count). The van der Waals surface area contributed by atoms with Gasteiger partial charge in [-0.2, -0.15) is 4.98 Å². The third-order valence-electron chi connectivity index (χ3n) is 6.87. The van der Waals surface area contributed by atoms with Crippen molar-refractivity contribution in [2.24, 2.45) is 0 Å². The first-order valence-electron chi connectivity index (χ1n) is 12.0. The SMILES string of the molecule is COC1CCN(c2nccc(Nc3cc4c(cn3)nc(C)n4Cc3cccc4c3CNN4)n2)CC1. The largest absolute Gasteiger partial charge is 0.381 e. The Balaban J connectivity index is 1.25. The Morgan fingerprint density at radius 3 is 2.86 bits per heavy atom. The van der Waals surface area contributed by atoms with Crippen molar-refractivity contribution in [3.8, 4) is 0 Å². The van der Waals surface area contributed by atoms with Crippen LogP contribution in [0, 0.1) is 6.92 Å². The second-order valence-corrected chi connectivity index (χ2v) is 9.01. The van der Waals surface area contributed by atoms with E-state index in [1.807, 2.05) is 25.3 Å². The summed E-state index contributed by atoms with van der Waals surface area (Å²) in [4.78, 5) is 20.8. The van der Waals surface area contributed by atoms with Gasteiger partial charge in [-0.05, 0) is 43.0 Å². The lowest BCUT2D eigenvalue weighted by molar-refractivity contribution is 0.0816. The number of hydrogen-bond donors (Lipinski definition) is 3. The summed E-state index contributed by atoms with van der Waals surface area (Å²) in [5.74, 6) is 3.13. The molecule has 1 saturated heterocycles. The first-order valence-corrected chi connectivity index (χ1v) is 12.0. The zero-order valence-electron chi connectivity index (χ0n) is 20.0. The highest BCUT2D eigenvalue weighted by Gasteiger charge is 2.21. The molecule has 35 heavy (non-hydrogen) atoms. The lowest BCUT2D eigenvalue weighted by Crippen LogP contribution is -2.37. The van der Waals surface area contributed by atoms with Gasteiger partial charge in [0, 0.05) is 45.6 Å². The molecule has 10 heteroatoms. The second kappa shape index (κ2) is 9.12. The summed E-state index contributed by atoms with van der Waals surface area (Å²) in [5, 5.41) is 3.36. The number of fused-ring (bicyclic) bond motifs is 2. The summed E-state index contributed by atoms with van der Waals surface area (Å²) >= 11 is 0. The smallest absolute Gasteiger partial charge is 0.227 e. The highest BCUT2D eigenvalue weighted by atomic mass is 16.5. The molecule has 0 amide bonds. The first-order chi connectivity index (χ1) is 17.2. The van der Waals surface area contributed by atoms with Crippen LogP contribution in [0.4, 0.5) is 23.3 Å². The number of nitrogens with zero attached hydrogens (tertiary/aromatic N) is 6. The van der Waals surface area contributed by atoms with E-state index in [9.17, 15) is 0 Å². The van der Waals surface area contributed by atoms with Crippen LogP contribution in [0.2, 0.25) is 0 Å². The van der Waals surface area contributed by atoms with E-state index in [1.165, 1.54) is 11.1 Å². The Hall–Kier alpha value is -3.76. The van der Waals surface area contributed by atoms with E-state index in [4.69, 9.17) is 14.7 Å². The number of nitrogens with one attached hydrogen (secondary N) is 3. The van der Waals surface area contributed by atoms with Gasteiger partial charge in [-0.1, -0.05) is 12.1 Å². The average molecular weight is 472 g/mol. The van der Waals surface area contributed by atoms with E-state index in [-0.39, 0.29) is 0 Å². The van der Waals surface area contributed by atoms with Crippen molar-refractivity contribution in [3.63, 3.8) is 0 Å². The fraction of sp³-hybridized carbons (Fsp3) is 0.360. The average Bonchev–Trinajstić information content (AvgIpc) is 3.49. The summed E-state index contributed by atoms with van der Waals surface area (Å²) in [5.41, 5.74) is 12.1. The minimum absolute atomic E-state index is 0.321. The van der Waals surface area contributed by atoms with Crippen molar-refractivity contribution in [2.45, 2.75) is 39.0 Å². The van der Waals surface area contributed by atoms with Gasteiger partial charge in [-0.15, -0.1) is 0 Å². The number of anilines is 4. The van der Waals surface area contributed by atoms with E-state index in [1.54, 1.807) is 13.3 Å². The maximum absolute atomic E-state index is 5.48. The lowest BCUT2D eigenvalue weighted by Gasteiger charge is -2.31. The van der Waals surface area contributed by atoms with Crippen molar-refractivity contribution >= 4 is 34.3 Å². The number of pyridine rings is 1. The molecular weight excluding hydrogens is 442 g/mol. The van der Waals surface area contributed by atoms with Gasteiger partial charge < -0.3 is 24.9 Å². The van der Waals surface area contributed by atoms with E-state index in [0.717, 1.165) is 79.1 Å². The molecule has 0 saturated carbocycles. The zero-order chi connectivity index (χ0) is 23.8. The third-order valence-corrected chi connectivity index (χ3v) is 6.87. The van der Waals surface area contributed by atoms with Crippen LogP contribution < -0.4 is 21.1 Å². The molecule has 0 atom stereocenters. The number of rotatable bonds is 6. The van der Waals surface area contributed by atoms with Gasteiger partial charge in [0.1, 0.15) is 23.0 Å². The molecule has 0 aliphatic carbocycles. The Morgan fingerprint density at radius 1 is 1.11 bits per heavy atom. The van der Waals surface area contributed by atoms with Crippen LogP contribution in [0.25, 0.3) is 11.0 Å². The Kier molecular flexibility index (Phi) is 5.67. The van der Waals surface area contributed by atoms with Gasteiger partial charge in [0.05, 0.1) is 23.5 Å². The molecule has 3 aromatic heterocycles. The van der Waals surface area contributed by atoms with E-state index in [0.29, 0.717) is 6.10 Å². The molecule has 10 nitrogen and oxygen atoms in total. The van der Waals surface area contributed by atoms with Gasteiger partial charge in [-0.3, -0.25) is 0 Å². The van der Waals surface area contributed by atoms with Crippen LogP contribution >= 0.6 is 0 Å². The molecule has 0 radical (unpaired) electrons. The van der Waals surface area contributed by atoms with Gasteiger partial charge in [0.2, 0.25) is 5.95 Å². The lowest BCUT2D eigenvalue weighted by atomic mass is 10.1. The maximum Gasteiger partial charge on any atom is 0.227 e. The van der Waals surface area contributed by atoms with Gasteiger partial charge >= 0.3 is 0 Å². The van der Waals surface area contributed by atoms with Crippen molar-refractivity contribution in [2.75, 3.05) is 35.8 Å². The number of hydrogen-bond acceptors (Lipinski definition) is 9. The van der Waals surface area contributed by atoms with Crippen LogP contribution in [0.3, 0.4) is 0 Å². The minimum atomic E-state index is 0.321. The summed E-state index contributed by atoms with van der Waals surface area (Å²) in [6, 6.07) is 10.3. The van der Waals surface area contributed by atoms with Crippen molar-refractivity contribution < 1.29 is 4.74 Å². The summed E-state index contributed by atoms with van der Waals surface area (Å²) in [6.07, 6.45) is 5.89.